The van der Waals surface area contributed by atoms with Crippen molar-refractivity contribution < 1.29 is 19.0 Å². The number of amides is 1. The van der Waals surface area contributed by atoms with Gasteiger partial charge >= 0.3 is 0 Å². The minimum absolute atomic E-state index is 0.102. The molecule has 156 valence electrons. The highest BCUT2D eigenvalue weighted by atomic mass is 16.5. The molecule has 1 aliphatic heterocycles. The van der Waals surface area contributed by atoms with E-state index in [-0.39, 0.29) is 17.6 Å². The van der Waals surface area contributed by atoms with E-state index in [4.69, 9.17) is 14.2 Å². The van der Waals surface area contributed by atoms with E-state index in [0.29, 0.717) is 17.9 Å². The molecular formula is C24H31NO4. The van der Waals surface area contributed by atoms with Crippen molar-refractivity contribution in [2.75, 3.05) is 7.11 Å². The van der Waals surface area contributed by atoms with Gasteiger partial charge in [0, 0.05) is 18.1 Å². The molecule has 5 heteroatoms. The number of hydrogen-bond acceptors (Lipinski definition) is 4. The molecule has 0 aliphatic carbocycles. The van der Waals surface area contributed by atoms with Crippen molar-refractivity contribution in [3.8, 4) is 17.2 Å². The first-order chi connectivity index (χ1) is 14.0. The molecule has 1 aliphatic rings. The predicted molar refractivity (Wildman–Crippen MR) is 114 cm³/mol. The van der Waals surface area contributed by atoms with Gasteiger partial charge in [-0.2, -0.15) is 0 Å². The molecule has 1 N–H and O–H groups in total. The third-order valence-corrected chi connectivity index (χ3v) is 5.78. The SMILES string of the molecule is CCC(Oc1cccc(OC)c1)C(=O)NC1CC(CC)(CC)Oc2ccccc21. The maximum atomic E-state index is 13.1. The first-order valence-electron chi connectivity index (χ1n) is 10.4. The van der Waals surface area contributed by atoms with Crippen molar-refractivity contribution in [3.05, 3.63) is 54.1 Å². The van der Waals surface area contributed by atoms with Crippen LogP contribution in [-0.4, -0.2) is 24.7 Å². The van der Waals surface area contributed by atoms with E-state index in [2.05, 4.69) is 19.2 Å². The fourth-order valence-electron chi connectivity index (χ4n) is 3.86. The summed E-state index contributed by atoms with van der Waals surface area (Å²) < 4.78 is 17.6. The van der Waals surface area contributed by atoms with Crippen molar-refractivity contribution in [1.29, 1.82) is 0 Å². The van der Waals surface area contributed by atoms with Crippen LogP contribution in [0, 0.1) is 0 Å². The number of carbonyl (C=O) groups excluding carboxylic acids is 1. The number of ether oxygens (including phenoxy) is 3. The maximum absolute atomic E-state index is 13.1. The minimum atomic E-state index is -0.574. The van der Waals surface area contributed by atoms with Crippen LogP contribution in [0.15, 0.2) is 48.5 Å². The number of rotatable bonds is 8. The van der Waals surface area contributed by atoms with E-state index < -0.39 is 6.10 Å². The summed E-state index contributed by atoms with van der Waals surface area (Å²) in [7, 11) is 1.61. The second-order valence-electron chi connectivity index (χ2n) is 7.49. The number of carbonyl (C=O) groups is 1. The van der Waals surface area contributed by atoms with Gasteiger partial charge < -0.3 is 19.5 Å². The monoisotopic (exact) mass is 397 g/mol. The molecule has 0 radical (unpaired) electrons. The Morgan fingerprint density at radius 2 is 1.86 bits per heavy atom. The van der Waals surface area contributed by atoms with Crippen LogP contribution in [0.4, 0.5) is 0 Å². The van der Waals surface area contributed by atoms with Gasteiger partial charge in [0.05, 0.1) is 13.2 Å². The van der Waals surface area contributed by atoms with Crippen molar-refractivity contribution in [2.45, 2.75) is 64.2 Å². The summed E-state index contributed by atoms with van der Waals surface area (Å²) in [6, 6.07) is 15.2. The van der Waals surface area contributed by atoms with Gasteiger partial charge in [-0.05, 0) is 37.5 Å². The lowest BCUT2D eigenvalue weighted by atomic mass is 9.83. The topological polar surface area (TPSA) is 56.8 Å². The summed E-state index contributed by atoms with van der Waals surface area (Å²) in [6.45, 7) is 6.22. The molecule has 1 amide bonds. The van der Waals surface area contributed by atoms with Gasteiger partial charge in [-0.25, -0.2) is 0 Å². The largest absolute Gasteiger partial charge is 0.497 e. The van der Waals surface area contributed by atoms with Crippen LogP contribution in [0.3, 0.4) is 0 Å². The zero-order valence-electron chi connectivity index (χ0n) is 17.7. The molecule has 1 heterocycles. The van der Waals surface area contributed by atoms with Crippen LogP contribution >= 0.6 is 0 Å². The van der Waals surface area contributed by atoms with Crippen molar-refractivity contribution in [1.82, 2.24) is 5.32 Å². The van der Waals surface area contributed by atoms with Gasteiger partial charge in [0.2, 0.25) is 0 Å². The Hall–Kier alpha value is -2.69. The normalized spacial score (nSPS) is 18.1. The average Bonchev–Trinajstić information content (AvgIpc) is 2.77. The Labute approximate surface area is 173 Å². The van der Waals surface area contributed by atoms with E-state index >= 15 is 0 Å². The van der Waals surface area contributed by atoms with E-state index in [9.17, 15) is 4.79 Å². The zero-order chi connectivity index (χ0) is 20.9. The van der Waals surface area contributed by atoms with Crippen molar-refractivity contribution in [2.24, 2.45) is 0 Å². The molecule has 2 unspecified atom stereocenters. The van der Waals surface area contributed by atoms with Gasteiger partial charge in [-0.3, -0.25) is 4.79 Å². The fourth-order valence-corrected chi connectivity index (χ4v) is 3.86. The maximum Gasteiger partial charge on any atom is 0.261 e. The lowest BCUT2D eigenvalue weighted by Crippen LogP contribution is -2.47. The van der Waals surface area contributed by atoms with Gasteiger partial charge in [0.15, 0.2) is 6.10 Å². The number of fused-ring (bicyclic) bond motifs is 1. The highest BCUT2D eigenvalue weighted by Gasteiger charge is 2.39. The second-order valence-corrected chi connectivity index (χ2v) is 7.49. The molecule has 0 spiro atoms. The smallest absolute Gasteiger partial charge is 0.261 e. The summed E-state index contributed by atoms with van der Waals surface area (Å²) in [5.74, 6) is 2.06. The van der Waals surface area contributed by atoms with Crippen molar-refractivity contribution >= 4 is 5.91 Å². The number of nitrogens with one attached hydrogen (secondary N) is 1. The molecule has 0 saturated carbocycles. The Kier molecular flexibility index (Phi) is 6.68. The third kappa shape index (κ3) is 4.66. The van der Waals surface area contributed by atoms with Crippen LogP contribution in [0.5, 0.6) is 17.2 Å². The number of benzene rings is 2. The molecule has 2 aromatic rings. The lowest BCUT2D eigenvalue weighted by molar-refractivity contribution is -0.129. The Morgan fingerprint density at radius 1 is 1.14 bits per heavy atom. The summed E-state index contributed by atoms with van der Waals surface area (Å²) in [5, 5.41) is 3.22. The molecular weight excluding hydrogens is 366 g/mol. The lowest BCUT2D eigenvalue weighted by Gasteiger charge is -2.42. The summed E-state index contributed by atoms with van der Waals surface area (Å²) in [5.41, 5.74) is 0.761. The van der Waals surface area contributed by atoms with Crippen LogP contribution in [0.25, 0.3) is 0 Å². The molecule has 0 aromatic heterocycles. The number of para-hydroxylation sites is 1. The van der Waals surface area contributed by atoms with Crippen molar-refractivity contribution in [3.63, 3.8) is 0 Å². The molecule has 2 atom stereocenters. The number of methoxy groups -OCH3 is 1. The van der Waals surface area contributed by atoms with Gasteiger partial charge in [0.1, 0.15) is 22.8 Å². The summed E-state index contributed by atoms with van der Waals surface area (Å²) in [4.78, 5) is 13.1. The Bertz CT molecular complexity index is 831. The second kappa shape index (κ2) is 9.21. The highest BCUT2D eigenvalue weighted by Crippen LogP contribution is 2.42. The van der Waals surface area contributed by atoms with Crippen LogP contribution in [-0.2, 0) is 4.79 Å². The van der Waals surface area contributed by atoms with Gasteiger partial charge in [-0.1, -0.05) is 45.0 Å². The molecule has 0 bridgehead atoms. The van der Waals surface area contributed by atoms with E-state index in [1.54, 1.807) is 13.2 Å². The van der Waals surface area contributed by atoms with E-state index in [1.165, 1.54) is 0 Å². The zero-order valence-corrected chi connectivity index (χ0v) is 17.7. The van der Waals surface area contributed by atoms with E-state index in [1.807, 2.05) is 49.4 Å². The first-order valence-corrected chi connectivity index (χ1v) is 10.4. The molecule has 0 saturated heterocycles. The molecule has 2 aromatic carbocycles. The molecule has 29 heavy (non-hydrogen) atoms. The molecule has 5 nitrogen and oxygen atoms in total. The van der Waals surface area contributed by atoms with Gasteiger partial charge in [-0.15, -0.1) is 0 Å². The summed E-state index contributed by atoms with van der Waals surface area (Å²) >= 11 is 0. The first kappa shape index (κ1) is 21.0. The average molecular weight is 398 g/mol. The van der Waals surface area contributed by atoms with E-state index in [0.717, 1.165) is 30.6 Å². The van der Waals surface area contributed by atoms with Crippen LogP contribution < -0.4 is 19.5 Å². The summed E-state index contributed by atoms with van der Waals surface area (Å²) in [6.07, 6.45) is 2.53. The van der Waals surface area contributed by atoms with Crippen LogP contribution in [0.1, 0.15) is 58.1 Å². The van der Waals surface area contributed by atoms with Crippen LogP contribution in [0.2, 0.25) is 0 Å². The fraction of sp³-hybridized carbons (Fsp3) is 0.458. The minimum Gasteiger partial charge on any atom is -0.497 e. The standard InChI is InChI=1S/C24H31NO4/c1-5-21(28-18-12-10-11-17(15-18)27-4)23(26)25-20-16-24(6-2,7-3)29-22-14-9-8-13-19(20)22/h8-15,20-21H,5-7,16H2,1-4H3,(H,25,26). The molecule has 3 rings (SSSR count). The Morgan fingerprint density at radius 3 is 2.55 bits per heavy atom. The Balaban J connectivity index is 1.78. The third-order valence-electron chi connectivity index (χ3n) is 5.78. The highest BCUT2D eigenvalue weighted by molar-refractivity contribution is 5.81. The predicted octanol–water partition coefficient (Wildman–Crippen LogP) is 5.05. The van der Waals surface area contributed by atoms with Gasteiger partial charge in [0.25, 0.3) is 5.91 Å². The number of hydrogen-bond donors (Lipinski definition) is 1. The molecule has 0 fully saturated rings. The quantitative estimate of drug-likeness (QED) is 0.677.